The van der Waals surface area contributed by atoms with Gasteiger partial charge in [-0.25, -0.2) is 0 Å². The average molecular weight is 807 g/mol. The summed E-state index contributed by atoms with van der Waals surface area (Å²) < 4.78 is 30.0. The molecule has 0 aliphatic rings. The molecule has 0 atom stereocenters. The largest absolute Gasteiger partial charge is 0.557 e. The Bertz CT molecular complexity index is 2400. The molecule has 3 heterocycles. The summed E-state index contributed by atoms with van der Waals surface area (Å²) in [6.45, 7) is 6.94. The fourth-order valence-electron chi connectivity index (χ4n) is 6.12. The third-order valence-corrected chi connectivity index (χ3v) is 8.48. The van der Waals surface area contributed by atoms with E-state index in [1.54, 1.807) is 18.2 Å². The number of para-hydroxylation sites is 3. The summed E-state index contributed by atoms with van der Waals surface area (Å²) in [5.74, 6) is 1.61. The van der Waals surface area contributed by atoms with E-state index >= 15 is 0 Å². The monoisotopic (exact) mass is 807 g/mol. The molecule has 0 N–H and O–H groups in total. The molecule has 241 valence electrons. The van der Waals surface area contributed by atoms with Crippen molar-refractivity contribution in [2.45, 2.75) is 46.4 Å². The van der Waals surface area contributed by atoms with E-state index in [1.807, 2.05) is 24.3 Å². The number of aryl methyl sites for hydroxylation is 1. The summed E-state index contributed by atoms with van der Waals surface area (Å²) in [5, 5.41) is 3.37. The van der Waals surface area contributed by atoms with Crippen molar-refractivity contribution in [3.8, 4) is 28.3 Å². The number of imidazole rings is 1. The zero-order valence-corrected chi connectivity index (χ0v) is 29.7. The van der Waals surface area contributed by atoms with Gasteiger partial charge in [0.15, 0.2) is 0 Å². The number of benzene rings is 5. The van der Waals surface area contributed by atoms with Gasteiger partial charge in [-0.05, 0) is 64.0 Å². The van der Waals surface area contributed by atoms with Crippen LogP contribution in [0.15, 0.2) is 126 Å². The number of nitrogens with zero attached hydrogens (tertiary/aromatic N) is 3. The molecule has 8 aromatic rings. The normalized spacial score (nSPS) is 12.4. The van der Waals surface area contributed by atoms with Crippen molar-refractivity contribution in [3.05, 3.63) is 150 Å². The molecule has 0 bridgehead atoms. The molecular weight excluding hydrogens is 767 g/mol. The van der Waals surface area contributed by atoms with Gasteiger partial charge in [-0.3, -0.25) is 4.98 Å². The molecule has 48 heavy (non-hydrogen) atoms. The second kappa shape index (κ2) is 14.1. The fourth-order valence-corrected chi connectivity index (χ4v) is 6.12. The fraction of sp³-hybridized carbons (Fsp3) is 0.163. The maximum Gasteiger partial charge on any atom is 0.0774 e. The summed E-state index contributed by atoms with van der Waals surface area (Å²) in [6, 6.07) is 41.5. The Hall–Kier alpha value is -4.83. The Morgan fingerprint density at radius 1 is 0.771 bits per heavy atom. The van der Waals surface area contributed by atoms with Crippen LogP contribution in [0, 0.1) is 19.2 Å². The predicted octanol–water partition coefficient (Wildman–Crippen LogP) is 11.5. The minimum Gasteiger partial charge on any atom is -0.557 e. The maximum absolute atomic E-state index is 7.23. The van der Waals surface area contributed by atoms with Crippen molar-refractivity contribution >= 4 is 32.8 Å². The Labute approximate surface area is 300 Å². The molecule has 0 amide bonds. The maximum atomic E-state index is 7.23. The van der Waals surface area contributed by atoms with Gasteiger partial charge in [0.05, 0.1) is 16.9 Å². The van der Waals surface area contributed by atoms with E-state index < -0.39 is 6.85 Å². The van der Waals surface area contributed by atoms with Gasteiger partial charge in [0, 0.05) is 47.9 Å². The molecule has 0 saturated carbocycles. The van der Waals surface area contributed by atoms with E-state index in [9.17, 15) is 0 Å². The van der Waals surface area contributed by atoms with Gasteiger partial charge in [-0.1, -0.05) is 118 Å². The van der Waals surface area contributed by atoms with Crippen molar-refractivity contribution in [2.24, 2.45) is 0 Å². The number of hydrogen-bond acceptors (Lipinski definition) is 3. The van der Waals surface area contributed by atoms with Gasteiger partial charge in [-0.2, -0.15) is 0 Å². The summed E-state index contributed by atoms with van der Waals surface area (Å²) >= 11 is 0. The standard InChI is InChI=1S/C31H27N2O.C12H10N.Ir/c1-19(2)23-12-9-13-24(20(3)4)30(23)33-28-15-8-7-14-27(28)32-31(33)26-18-34-29-17-22-11-6-5-10-21(22)16-25(26)29;1-10-7-8-12(13-9-10)11-5-3-2-4-6-11;/h5-17,19-20H,1-4H3;2-5,7-9H,1H3;/q2*-1;/i;1D3;. The van der Waals surface area contributed by atoms with Crippen LogP contribution in [0.5, 0.6) is 0 Å². The molecule has 1 radical (unpaired) electrons. The van der Waals surface area contributed by atoms with Gasteiger partial charge in [-0.15, -0.1) is 35.9 Å². The van der Waals surface area contributed by atoms with Crippen molar-refractivity contribution in [1.29, 1.82) is 0 Å². The molecule has 0 fully saturated rings. The van der Waals surface area contributed by atoms with Gasteiger partial charge < -0.3 is 14.0 Å². The molecule has 5 heteroatoms. The van der Waals surface area contributed by atoms with E-state index in [2.05, 4.69) is 122 Å². The van der Waals surface area contributed by atoms with Gasteiger partial charge in [0.25, 0.3) is 0 Å². The molecule has 0 unspecified atom stereocenters. The van der Waals surface area contributed by atoms with E-state index in [4.69, 9.17) is 13.5 Å². The van der Waals surface area contributed by atoms with E-state index in [1.165, 1.54) is 28.4 Å². The van der Waals surface area contributed by atoms with Crippen molar-refractivity contribution in [2.75, 3.05) is 0 Å². The molecule has 0 aliphatic heterocycles. The number of hydrogen-bond donors (Lipinski definition) is 0. The summed E-state index contributed by atoms with van der Waals surface area (Å²) in [5.41, 5.74) is 9.48. The summed E-state index contributed by atoms with van der Waals surface area (Å²) in [4.78, 5) is 9.26. The van der Waals surface area contributed by atoms with Crippen LogP contribution in [-0.4, -0.2) is 14.5 Å². The van der Waals surface area contributed by atoms with E-state index in [0.717, 1.165) is 50.0 Å². The SMILES string of the molecule is CC(C)c1cccc(C(C)C)c1-n1c(-c2[c-]oc3cc4ccccc4cc23)nc2ccccc21.[2H]C([2H])([2H])c1ccc(-c2[c-]cccc2)nc1.[Ir]. The molecular formula is C43H37IrN3O-2. The van der Waals surface area contributed by atoms with Crippen LogP contribution in [0.4, 0.5) is 0 Å². The molecule has 0 aliphatic carbocycles. The number of furan rings is 1. The van der Waals surface area contributed by atoms with Crippen LogP contribution in [0.25, 0.3) is 61.1 Å². The number of fused-ring (bicyclic) bond motifs is 3. The summed E-state index contributed by atoms with van der Waals surface area (Å²) in [7, 11) is 0. The molecule has 0 spiro atoms. The second-order valence-electron chi connectivity index (χ2n) is 12.3. The quantitative estimate of drug-likeness (QED) is 0.163. The first kappa shape index (κ1) is 29.3. The predicted molar refractivity (Wildman–Crippen MR) is 194 cm³/mol. The van der Waals surface area contributed by atoms with E-state index in [-0.39, 0.29) is 25.7 Å². The smallest absolute Gasteiger partial charge is 0.0774 e. The van der Waals surface area contributed by atoms with Crippen LogP contribution in [0.3, 0.4) is 0 Å². The van der Waals surface area contributed by atoms with Crippen LogP contribution in [-0.2, 0) is 20.1 Å². The molecule has 3 aromatic heterocycles. The second-order valence-corrected chi connectivity index (χ2v) is 12.3. The van der Waals surface area contributed by atoms with Crippen molar-refractivity contribution in [3.63, 3.8) is 0 Å². The minimum atomic E-state index is -2.09. The number of aromatic nitrogens is 3. The third kappa shape index (κ3) is 6.36. The Morgan fingerprint density at radius 2 is 1.48 bits per heavy atom. The molecule has 4 nitrogen and oxygen atoms in total. The van der Waals surface area contributed by atoms with Crippen LogP contribution < -0.4 is 0 Å². The number of rotatable bonds is 5. The Kier molecular flexibility index (Phi) is 8.62. The van der Waals surface area contributed by atoms with Gasteiger partial charge in [0.2, 0.25) is 0 Å². The zero-order valence-electron chi connectivity index (χ0n) is 30.3. The van der Waals surface area contributed by atoms with Crippen LogP contribution in [0.1, 0.15) is 60.3 Å². The topological polar surface area (TPSA) is 43.9 Å². The Morgan fingerprint density at radius 3 is 2.15 bits per heavy atom. The van der Waals surface area contributed by atoms with E-state index in [0.29, 0.717) is 11.8 Å². The van der Waals surface area contributed by atoms with Gasteiger partial charge in [0.1, 0.15) is 0 Å². The van der Waals surface area contributed by atoms with Crippen LogP contribution >= 0.6 is 0 Å². The van der Waals surface area contributed by atoms with Crippen molar-refractivity contribution in [1.82, 2.24) is 14.5 Å². The molecule has 8 rings (SSSR count). The van der Waals surface area contributed by atoms with Crippen molar-refractivity contribution < 1.29 is 28.6 Å². The first-order chi connectivity index (χ1) is 24.1. The minimum absolute atomic E-state index is 0. The third-order valence-electron chi connectivity index (χ3n) is 8.48. The Balaban J connectivity index is 0.000000222. The molecule has 5 aromatic carbocycles. The van der Waals surface area contributed by atoms with Crippen LogP contribution in [0.2, 0.25) is 0 Å². The zero-order chi connectivity index (χ0) is 35.0. The first-order valence-electron chi connectivity index (χ1n) is 17.5. The first-order valence-corrected chi connectivity index (χ1v) is 16.0. The number of pyridine rings is 1. The average Bonchev–Trinajstić information content (AvgIpc) is 3.71. The van der Waals surface area contributed by atoms with Gasteiger partial charge >= 0.3 is 0 Å². The summed E-state index contributed by atoms with van der Waals surface area (Å²) in [6.07, 6.45) is 4.61. The molecule has 0 saturated heterocycles.